The van der Waals surface area contributed by atoms with Crippen LogP contribution in [0, 0.1) is 0 Å². The molecular weight excluding hydrogens is 286 g/mol. The summed E-state index contributed by atoms with van der Waals surface area (Å²) >= 11 is 0. The maximum Gasteiger partial charge on any atom is 0.323 e. The van der Waals surface area contributed by atoms with Gasteiger partial charge in [0.2, 0.25) is 17.7 Å². The molecule has 7 heteroatoms. The number of carboxylic acids is 1. The molecule has 0 aliphatic carbocycles. The number of aromatic nitrogens is 2. The molecule has 0 unspecified atom stereocenters. The molecule has 0 bridgehead atoms. The number of carbonyl (C=O) groups is 2. The Bertz CT molecular complexity index is 639. The molecule has 1 amide bonds. The molecule has 1 aromatic heterocycles. The topological polar surface area (TPSA) is 96.5 Å². The zero-order valence-corrected chi connectivity index (χ0v) is 12.2. The average Bonchev–Trinajstić information content (AvgIpc) is 3.00. The summed E-state index contributed by atoms with van der Waals surface area (Å²) in [5.41, 5.74) is 0.814. The lowest BCUT2D eigenvalue weighted by molar-refractivity contribution is -0.144. The molecule has 0 saturated carbocycles. The number of aliphatic carboxylic acids is 1. The number of carboxylic acid groups (broad SMARTS) is 1. The molecule has 0 aliphatic heterocycles. The van der Waals surface area contributed by atoms with Crippen LogP contribution in [0.15, 0.2) is 34.7 Å². The van der Waals surface area contributed by atoms with E-state index in [1.54, 1.807) is 6.92 Å². The Labute approximate surface area is 127 Å². The molecule has 0 radical (unpaired) electrons. The number of nitrogens with zero attached hydrogens (tertiary/aromatic N) is 3. The quantitative estimate of drug-likeness (QED) is 0.834. The van der Waals surface area contributed by atoms with Crippen LogP contribution in [0.1, 0.15) is 19.2 Å². The van der Waals surface area contributed by atoms with Gasteiger partial charge in [0.15, 0.2) is 0 Å². The largest absolute Gasteiger partial charge is 0.480 e. The summed E-state index contributed by atoms with van der Waals surface area (Å²) < 4.78 is 5.51. The summed E-state index contributed by atoms with van der Waals surface area (Å²) in [7, 11) is 0. The van der Waals surface area contributed by atoms with Crippen LogP contribution >= 0.6 is 0 Å². The highest BCUT2D eigenvalue weighted by Crippen LogP contribution is 2.17. The zero-order valence-electron chi connectivity index (χ0n) is 12.2. The highest BCUT2D eigenvalue weighted by Gasteiger charge is 2.16. The van der Waals surface area contributed by atoms with E-state index in [0.29, 0.717) is 18.3 Å². The third kappa shape index (κ3) is 4.15. The minimum atomic E-state index is -1.03. The second kappa shape index (κ2) is 7.35. The molecular formula is C15H17N3O4. The van der Waals surface area contributed by atoms with Crippen molar-refractivity contribution in [3.8, 4) is 11.5 Å². The van der Waals surface area contributed by atoms with E-state index in [0.717, 1.165) is 5.56 Å². The summed E-state index contributed by atoms with van der Waals surface area (Å²) in [5, 5.41) is 16.6. The van der Waals surface area contributed by atoms with Gasteiger partial charge in [0.05, 0.1) is 0 Å². The SMILES string of the molecule is CCN(CC(=O)O)C(=O)CCc1nnc(-c2ccccc2)o1. The lowest BCUT2D eigenvalue weighted by Gasteiger charge is -2.17. The molecule has 7 nitrogen and oxygen atoms in total. The van der Waals surface area contributed by atoms with Crippen LogP contribution < -0.4 is 0 Å². The van der Waals surface area contributed by atoms with Crippen molar-refractivity contribution in [1.82, 2.24) is 15.1 Å². The van der Waals surface area contributed by atoms with Gasteiger partial charge in [-0.05, 0) is 19.1 Å². The van der Waals surface area contributed by atoms with Gasteiger partial charge in [-0.2, -0.15) is 0 Å². The maximum atomic E-state index is 11.9. The Hall–Kier alpha value is -2.70. The Morgan fingerprint density at radius 1 is 1.23 bits per heavy atom. The molecule has 0 atom stereocenters. The number of hydrogen-bond donors (Lipinski definition) is 1. The van der Waals surface area contributed by atoms with Crippen LogP contribution in [0.5, 0.6) is 0 Å². The van der Waals surface area contributed by atoms with Gasteiger partial charge in [0.25, 0.3) is 0 Å². The van der Waals surface area contributed by atoms with Gasteiger partial charge in [0, 0.05) is 24.9 Å². The van der Waals surface area contributed by atoms with Gasteiger partial charge >= 0.3 is 5.97 Å². The second-order valence-electron chi connectivity index (χ2n) is 4.67. The van der Waals surface area contributed by atoms with Crippen molar-refractivity contribution in [1.29, 1.82) is 0 Å². The lowest BCUT2D eigenvalue weighted by atomic mass is 10.2. The van der Waals surface area contributed by atoms with Crippen molar-refractivity contribution in [3.63, 3.8) is 0 Å². The minimum absolute atomic E-state index is 0.136. The van der Waals surface area contributed by atoms with Gasteiger partial charge in [-0.15, -0.1) is 10.2 Å². The summed E-state index contributed by atoms with van der Waals surface area (Å²) in [4.78, 5) is 23.9. The van der Waals surface area contributed by atoms with Crippen molar-refractivity contribution in [2.75, 3.05) is 13.1 Å². The number of hydrogen-bond acceptors (Lipinski definition) is 5. The number of likely N-dealkylation sites (N-methyl/N-ethyl adjacent to an activating group) is 1. The molecule has 2 aromatic rings. The number of aryl methyl sites for hydroxylation is 1. The average molecular weight is 303 g/mol. The van der Waals surface area contributed by atoms with Gasteiger partial charge in [-0.3, -0.25) is 9.59 Å². The van der Waals surface area contributed by atoms with Crippen LogP contribution in [-0.2, 0) is 16.0 Å². The molecule has 0 spiro atoms. The van der Waals surface area contributed by atoms with E-state index < -0.39 is 5.97 Å². The fourth-order valence-corrected chi connectivity index (χ4v) is 1.96. The summed E-state index contributed by atoms with van der Waals surface area (Å²) in [5.74, 6) is -0.511. The van der Waals surface area contributed by atoms with Crippen LogP contribution in [-0.4, -0.2) is 45.2 Å². The van der Waals surface area contributed by atoms with Gasteiger partial charge in [0.1, 0.15) is 6.54 Å². The van der Waals surface area contributed by atoms with Crippen molar-refractivity contribution in [3.05, 3.63) is 36.2 Å². The fraction of sp³-hybridized carbons (Fsp3) is 0.333. The number of carbonyl (C=O) groups excluding carboxylic acids is 1. The molecule has 116 valence electrons. The second-order valence-corrected chi connectivity index (χ2v) is 4.67. The highest BCUT2D eigenvalue weighted by atomic mass is 16.4. The zero-order chi connectivity index (χ0) is 15.9. The van der Waals surface area contributed by atoms with E-state index in [-0.39, 0.29) is 25.3 Å². The summed E-state index contributed by atoms with van der Waals surface area (Å²) in [6.45, 7) is 1.79. The first-order valence-corrected chi connectivity index (χ1v) is 6.97. The predicted octanol–water partition coefficient (Wildman–Crippen LogP) is 1.60. The van der Waals surface area contributed by atoms with Gasteiger partial charge < -0.3 is 14.4 Å². The van der Waals surface area contributed by atoms with E-state index in [2.05, 4.69) is 10.2 Å². The van der Waals surface area contributed by atoms with E-state index in [1.807, 2.05) is 30.3 Å². The summed E-state index contributed by atoms with van der Waals surface area (Å²) in [6, 6.07) is 9.34. The fourth-order valence-electron chi connectivity index (χ4n) is 1.96. The molecule has 1 aromatic carbocycles. The Kier molecular flexibility index (Phi) is 5.24. The minimum Gasteiger partial charge on any atom is -0.480 e. The highest BCUT2D eigenvalue weighted by molar-refractivity contribution is 5.81. The number of benzene rings is 1. The van der Waals surface area contributed by atoms with Gasteiger partial charge in [-0.25, -0.2) is 0 Å². The monoisotopic (exact) mass is 303 g/mol. The Morgan fingerprint density at radius 2 is 1.95 bits per heavy atom. The number of amides is 1. The first-order valence-electron chi connectivity index (χ1n) is 6.97. The Balaban J connectivity index is 1.93. The van der Waals surface area contributed by atoms with E-state index >= 15 is 0 Å². The van der Waals surface area contributed by atoms with Crippen LogP contribution in [0.2, 0.25) is 0 Å². The molecule has 0 saturated heterocycles. The molecule has 2 rings (SSSR count). The van der Waals surface area contributed by atoms with E-state index in [4.69, 9.17) is 9.52 Å². The molecule has 0 fully saturated rings. The van der Waals surface area contributed by atoms with Crippen molar-refractivity contribution < 1.29 is 19.1 Å². The van der Waals surface area contributed by atoms with Crippen molar-refractivity contribution in [2.45, 2.75) is 19.8 Å². The molecule has 1 N–H and O–H groups in total. The van der Waals surface area contributed by atoms with Crippen molar-refractivity contribution in [2.24, 2.45) is 0 Å². The van der Waals surface area contributed by atoms with Crippen molar-refractivity contribution >= 4 is 11.9 Å². The normalized spacial score (nSPS) is 10.4. The first kappa shape index (κ1) is 15.7. The lowest BCUT2D eigenvalue weighted by Crippen LogP contribution is -2.35. The smallest absolute Gasteiger partial charge is 0.323 e. The van der Waals surface area contributed by atoms with Gasteiger partial charge in [-0.1, -0.05) is 18.2 Å². The first-order chi connectivity index (χ1) is 10.6. The third-order valence-corrected chi connectivity index (χ3v) is 3.10. The maximum absolute atomic E-state index is 11.9. The predicted molar refractivity (Wildman–Crippen MR) is 77.9 cm³/mol. The molecule has 0 aliphatic rings. The number of rotatable bonds is 7. The third-order valence-electron chi connectivity index (χ3n) is 3.10. The van der Waals surface area contributed by atoms with Crippen LogP contribution in [0.3, 0.4) is 0 Å². The summed E-state index contributed by atoms with van der Waals surface area (Å²) in [6.07, 6.45) is 0.423. The van der Waals surface area contributed by atoms with E-state index in [1.165, 1.54) is 4.90 Å². The Morgan fingerprint density at radius 3 is 2.59 bits per heavy atom. The molecule has 22 heavy (non-hydrogen) atoms. The van der Waals surface area contributed by atoms with E-state index in [9.17, 15) is 9.59 Å². The van der Waals surface area contributed by atoms with Crippen LogP contribution in [0.4, 0.5) is 0 Å². The molecule has 1 heterocycles. The van der Waals surface area contributed by atoms with Crippen LogP contribution in [0.25, 0.3) is 11.5 Å². The standard InChI is InChI=1S/C15H17N3O4/c1-2-18(10-14(20)21)13(19)9-8-12-16-17-15(22-12)11-6-4-3-5-7-11/h3-7H,2,8-10H2,1H3,(H,20,21).